The van der Waals surface area contributed by atoms with Crippen molar-refractivity contribution in [1.82, 2.24) is 0 Å². The molecule has 0 fully saturated rings. The van der Waals surface area contributed by atoms with Gasteiger partial charge in [-0.15, -0.1) is 0 Å². The first-order chi connectivity index (χ1) is 8.40. The minimum Gasteiger partial charge on any atom is -0.469 e. The van der Waals surface area contributed by atoms with Crippen LogP contribution in [0.1, 0.15) is 23.5 Å². The third-order valence-corrected chi connectivity index (χ3v) is 2.63. The van der Waals surface area contributed by atoms with Gasteiger partial charge in [-0.3, -0.25) is 4.79 Å². The molecule has 1 rings (SSSR count). The molecule has 0 saturated heterocycles. The van der Waals surface area contributed by atoms with Gasteiger partial charge in [0.15, 0.2) is 0 Å². The second-order valence-electron chi connectivity index (χ2n) is 3.80. The number of hydrogen-bond acceptors (Lipinski definition) is 3. The van der Waals surface area contributed by atoms with Crippen molar-refractivity contribution in [3.05, 3.63) is 35.4 Å². The molecule has 0 amide bonds. The zero-order valence-electron chi connectivity index (χ0n) is 9.83. The highest BCUT2D eigenvalue weighted by atomic mass is 19.4. The van der Waals surface area contributed by atoms with E-state index in [1.165, 1.54) is 25.3 Å². The average Bonchev–Trinajstić information content (AvgIpc) is 2.34. The van der Waals surface area contributed by atoms with Crippen molar-refractivity contribution in [2.75, 3.05) is 13.7 Å². The number of carbonyl (C=O) groups is 1. The highest BCUT2D eigenvalue weighted by Gasteiger charge is 2.35. The summed E-state index contributed by atoms with van der Waals surface area (Å²) in [6, 6.07) is 5.11. The number of carbonyl (C=O) groups excluding carboxylic acids is 1. The van der Waals surface area contributed by atoms with Gasteiger partial charge < -0.3 is 10.5 Å². The lowest BCUT2D eigenvalue weighted by Crippen LogP contribution is -2.21. The quantitative estimate of drug-likeness (QED) is 0.846. The molecule has 1 aromatic rings. The third-order valence-electron chi connectivity index (χ3n) is 2.63. The van der Waals surface area contributed by atoms with Crippen molar-refractivity contribution in [2.24, 2.45) is 5.73 Å². The number of methoxy groups -OCH3 is 1. The van der Waals surface area contributed by atoms with Crippen LogP contribution in [0.5, 0.6) is 0 Å². The Bertz CT molecular complexity index is 418. The SMILES string of the molecule is COC(=O)C[C@H](CN)c1ccccc1C(F)(F)F. The van der Waals surface area contributed by atoms with Crippen molar-refractivity contribution in [3.63, 3.8) is 0 Å². The second kappa shape index (κ2) is 5.86. The van der Waals surface area contributed by atoms with Gasteiger partial charge in [-0.05, 0) is 18.2 Å². The van der Waals surface area contributed by atoms with Gasteiger partial charge in [-0.1, -0.05) is 18.2 Å². The van der Waals surface area contributed by atoms with E-state index in [1.807, 2.05) is 0 Å². The van der Waals surface area contributed by atoms with Crippen LogP contribution in [0.4, 0.5) is 13.2 Å². The number of halogens is 3. The Morgan fingerprint density at radius 2 is 2.00 bits per heavy atom. The van der Waals surface area contributed by atoms with Crippen molar-refractivity contribution in [1.29, 1.82) is 0 Å². The standard InChI is InChI=1S/C12H14F3NO2/c1-18-11(17)6-8(7-16)9-4-2-3-5-10(9)12(13,14)15/h2-5,8H,6-7,16H2,1H3/t8-/m1/s1. The lowest BCUT2D eigenvalue weighted by molar-refractivity contribution is -0.142. The van der Waals surface area contributed by atoms with Crippen LogP contribution in [-0.2, 0) is 15.7 Å². The molecule has 18 heavy (non-hydrogen) atoms. The predicted molar refractivity (Wildman–Crippen MR) is 59.9 cm³/mol. The van der Waals surface area contributed by atoms with E-state index in [2.05, 4.69) is 4.74 Å². The molecule has 0 heterocycles. The smallest absolute Gasteiger partial charge is 0.416 e. The van der Waals surface area contributed by atoms with E-state index in [0.29, 0.717) is 0 Å². The number of esters is 1. The fourth-order valence-electron chi connectivity index (χ4n) is 1.72. The van der Waals surface area contributed by atoms with Gasteiger partial charge in [-0.25, -0.2) is 0 Å². The first-order valence-electron chi connectivity index (χ1n) is 5.33. The van der Waals surface area contributed by atoms with Crippen molar-refractivity contribution in [2.45, 2.75) is 18.5 Å². The van der Waals surface area contributed by atoms with Gasteiger partial charge in [0.05, 0.1) is 19.1 Å². The highest BCUT2D eigenvalue weighted by Crippen LogP contribution is 2.35. The lowest BCUT2D eigenvalue weighted by Gasteiger charge is -2.19. The van der Waals surface area contributed by atoms with E-state index in [0.717, 1.165) is 6.07 Å². The molecule has 0 aromatic heterocycles. The summed E-state index contributed by atoms with van der Waals surface area (Å²) in [5.74, 6) is -1.28. The first kappa shape index (κ1) is 14.5. The average molecular weight is 261 g/mol. The number of hydrogen-bond donors (Lipinski definition) is 1. The van der Waals surface area contributed by atoms with E-state index < -0.39 is 23.6 Å². The number of nitrogens with two attached hydrogens (primary N) is 1. The second-order valence-corrected chi connectivity index (χ2v) is 3.80. The summed E-state index contributed by atoms with van der Waals surface area (Å²) in [6.45, 7) is -0.0534. The summed E-state index contributed by atoms with van der Waals surface area (Å²) in [4.78, 5) is 11.2. The van der Waals surface area contributed by atoms with Gasteiger partial charge >= 0.3 is 12.1 Å². The largest absolute Gasteiger partial charge is 0.469 e. The van der Waals surface area contributed by atoms with E-state index in [4.69, 9.17) is 5.73 Å². The lowest BCUT2D eigenvalue weighted by atomic mass is 9.91. The van der Waals surface area contributed by atoms with Crippen LogP contribution in [0.3, 0.4) is 0 Å². The van der Waals surface area contributed by atoms with Crippen LogP contribution < -0.4 is 5.73 Å². The van der Waals surface area contributed by atoms with Crippen LogP contribution in [0.2, 0.25) is 0 Å². The molecular formula is C12H14F3NO2. The van der Waals surface area contributed by atoms with Gasteiger partial charge in [0.2, 0.25) is 0 Å². The monoisotopic (exact) mass is 261 g/mol. The van der Waals surface area contributed by atoms with Crippen LogP contribution in [0.15, 0.2) is 24.3 Å². The molecule has 0 aliphatic carbocycles. The molecule has 2 N–H and O–H groups in total. The van der Waals surface area contributed by atoms with E-state index >= 15 is 0 Å². The van der Waals surface area contributed by atoms with E-state index in [-0.39, 0.29) is 18.5 Å². The molecular weight excluding hydrogens is 247 g/mol. The molecule has 3 nitrogen and oxygen atoms in total. The molecule has 100 valence electrons. The number of benzene rings is 1. The van der Waals surface area contributed by atoms with Gasteiger partial charge in [-0.2, -0.15) is 13.2 Å². The van der Waals surface area contributed by atoms with Crippen molar-refractivity contribution >= 4 is 5.97 Å². The molecule has 0 aliphatic heterocycles. The summed E-state index contributed by atoms with van der Waals surface area (Å²) in [5, 5.41) is 0. The Labute approximate surface area is 103 Å². The van der Waals surface area contributed by atoms with Crippen LogP contribution in [-0.4, -0.2) is 19.6 Å². The van der Waals surface area contributed by atoms with Crippen LogP contribution in [0.25, 0.3) is 0 Å². The first-order valence-corrected chi connectivity index (χ1v) is 5.33. The van der Waals surface area contributed by atoms with Gasteiger partial charge in [0, 0.05) is 5.92 Å². The topological polar surface area (TPSA) is 52.3 Å². The van der Waals surface area contributed by atoms with Crippen LogP contribution in [0, 0.1) is 0 Å². The minimum absolute atomic E-state index is 0.0258. The number of rotatable bonds is 4. The molecule has 1 aromatic carbocycles. The van der Waals surface area contributed by atoms with E-state index in [9.17, 15) is 18.0 Å². The summed E-state index contributed by atoms with van der Waals surface area (Å²) in [6.07, 6.45) is -4.62. The Hall–Kier alpha value is -1.56. The number of alkyl halides is 3. The third kappa shape index (κ3) is 3.46. The fraction of sp³-hybridized carbons (Fsp3) is 0.417. The maximum absolute atomic E-state index is 12.8. The molecule has 6 heteroatoms. The van der Waals surface area contributed by atoms with Crippen molar-refractivity contribution in [3.8, 4) is 0 Å². The van der Waals surface area contributed by atoms with Gasteiger partial charge in [0.1, 0.15) is 0 Å². The Kier molecular flexibility index (Phi) is 4.72. The summed E-state index contributed by atoms with van der Waals surface area (Å²) in [5.41, 5.74) is 4.71. The molecule has 0 saturated carbocycles. The Balaban J connectivity index is 3.10. The Morgan fingerprint density at radius 1 is 1.39 bits per heavy atom. The fourth-order valence-corrected chi connectivity index (χ4v) is 1.72. The molecule has 0 radical (unpaired) electrons. The zero-order chi connectivity index (χ0) is 13.8. The summed E-state index contributed by atoms with van der Waals surface area (Å²) < 4.78 is 42.9. The highest BCUT2D eigenvalue weighted by molar-refractivity contribution is 5.70. The zero-order valence-corrected chi connectivity index (χ0v) is 9.83. The van der Waals surface area contributed by atoms with Crippen LogP contribution >= 0.6 is 0 Å². The normalized spacial score (nSPS) is 13.2. The van der Waals surface area contributed by atoms with E-state index in [1.54, 1.807) is 0 Å². The molecule has 0 unspecified atom stereocenters. The maximum Gasteiger partial charge on any atom is 0.416 e. The number of ether oxygens (including phenoxy) is 1. The molecule has 1 atom stereocenters. The van der Waals surface area contributed by atoms with Gasteiger partial charge in [0.25, 0.3) is 0 Å². The minimum atomic E-state index is -4.46. The maximum atomic E-state index is 12.8. The predicted octanol–water partition coefficient (Wildman–Crippen LogP) is 2.31. The summed E-state index contributed by atoms with van der Waals surface area (Å²) in [7, 11) is 1.19. The summed E-state index contributed by atoms with van der Waals surface area (Å²) >= 11 is 0. The Morgan fingerprint density at radius 3 is 2.50 bits per heavy atom. The molecule has 0 spiro atoms. The molecule has 0 aliphatic rings. The molecule has 0 bridgehead atoms. The van der Waals surface area contributed by atoms with Crippen molar-refractivity contribution < 1.29 is 22.7 Å².